The molecular formula is C21H31IO3. The van der Waals surface area contributed by atoms with Gasteiger partial charge < -0.3 is 14.2 Å². The standard InChI is InChI=1S/C21H31IO3/c1-17-11-13-21(12-5-9-19(15-22)24-21)25-20(17)10-6-14-23-16-18-7-3-2-4-8-18/h2-4,7-8,17,19-20H,5-6,9-16H2,1H3. The highest BCUT2D eigenvalue weighted by Gasteiger charge is 2.44. The zero-order valence-electron chi connectivity index (χ0n) is 15.3. The number of halogens is 1. The van der Waals surface area contributed by atoms with Crippen molar-refractivity contribution in [3.05, 3.63) is 35.9 Å². The molecule has 2 aliphatic heterocycles. The fourth-order valence-corrected chi connectivity index (χ4v) is 4.60. The largest absolute Gasteiger partial charge is 0.377 e. The molecule has 140 valence electrons. The lowest BCUT2D eigenvalue weighted by Crippen LogP contribution is -2.50. The van der Waals surface area contributed by atoms with Crippen molar-refractivity contribution in [2.45, 2.75) is 76.5 Å². The molecule has 1 aromatic rings. The summed E-state index contributed by atoms with van der Waals surface area (Å²) in [5.41, 5.74) is 1.24. The Labute approximate surface area is 165 Å². The fourth-order valence-electron chi connectivity index (χ4n) is 3.98. The summed E-state index contributed by atoms with van der Waals surface area (Å²) in [6.45, 7) is 3.82. The van der Waals surface area contributed by atoms with Gasteiger partial charge in [0.1, 0.15) is 0 Å². The topological polar surface area (TPSA) is 27.7 Å². The van der Waals surface area contributed by atoms with Crippen LogP contribution in [0.15, 0.2) is 30.3 Å². The van der Waals surface area contributed by atoms with Gasteiger partial charge in [-0.3, -0.25) is 0 Å². The minimum Gasteiger partial charge on any atom is -0.377 e. The summed E-state index contributed by atoms with van der Waals surface area (Å²) in [5, 5.41) is 0. The van der Waals surface area contributed by atoms with E-state index >= 15 is 0 Å². The Balaban J connectivity index is 1.41. The van der Waals surface area contributed by atoms with Crippen molar-refractivity contribution in [2.24, 2.45) is 5.92 Å². The second-order valence-corrected chi connectivity index (χ2v) is 8.43. The van der Waals surface area contributed by atoms with E-state index in [2.05, 4.69) is 53.8 Å². The van der Waals surface area contributed by atoms with Crippen LogP contribution in [0.5, 0.6) is 0 Å². The number of alkyl halides is 1. The van der Waals surface area contributed by atoms with Gasteiger partial charge >= 0.3 is 0 Å². The van der Waals surface area contributed by atoms with Gasteiger partial charge in [-0.15, -0.1) is 0 Å². The average Bonchev–Trinajstić information content (AvgIpc) is 2.65. The maximum atomic E-state index is 6.54. The highest BCUT2D eigenvalue weighted by Crippen LogP contribution is 2.42. The summed E-state index contributed by atoms with van der Waals surface area (Å²) in [7, 11) is 0. The Morgan fingerprint density at radius 2 is 2.00 bits per heavy atom. The van der Waals surface area contributed by atoms with Gasteiger partial charge in [0.25, 0.3) is 0 Å². The quantitative estimate of drug-likeness (QED) is 0.307. The van der Waals surface area contributed by atoms with E-state index in [1.165, 1.54) is 24.8 Å². The molecule has 0 aliphatic carbocycles. The van der Waals surface area contributed by atoms with Crippen molar-refractivity contribution in [3.8, 4) is 0 Å². The molecular weight excluding hydrogens is 427 g/mol. The highest BCUT2D eigenvalue weighted by molar-refractivity contribution is 14.1. The lowest BCUT2D eigenvalue weighted by atomic mass is 9.86. The van der Waals surface area contributed by atoms with Gasteiger partial charge in [0, 0.05) is 23.9 Å². The number of benzene rings is 1. The SMILES string of the molecule is CC1CCC2(CCCC(CI)O2)OC1CCCOCc1ccccc1. The first-order valence-corrected chi connectivity index (χ1v) is 11.3. The molecule has 4 atom stereocenters. The third-order valence-electron chi connectivity index (χ3n) is 5.51. The first kappa shape index (κ1) is 19.6. The van der Waals surface area contributed by atoms with E-state index < -0.39 is 0 Å². The zero-order valence-corrected chi connectivity index (χ0v) is 17.5. The second-order valence-electron chi connectivity index (χ2n) is 7.55. The van der Waals surface area contributed by atoms with Crippen molar-refractivity contribution in [3.63, 3.8) is 0 Å². The predicted octanol–water partition coefficient (Wildman–Crippen LogP) is 5.50. The molecule has 3 nitrogen and oxygen atoms in total. The number of ether oxygens (including phenoxy) is 3. The molecule has 0 N–H and O–H groups in total. The van der Waals surface area contributed by atoms with Crippen molar-refractivity contribution in [2.75, 3.05) is 11.0 Å². The van der Waals surface area contributed by atoms with Gasteiger partial charge in [-0.05, 0) is 43.6 Å². The molecule has 25 heavy (non-hydrogen) atoms. The van der Waals surface area contributed by atoms with E-state index in [0.717, 1.165) is 36.7 Å². The number of hydrogen-bond donors (Lipinski definition) is 0. The molecule has 1 aromatic carbocycles. The van der Waals surface area contributed by atoms with Crippen molar-refractivity contribution in [1.82, 2.24) is 0 Å². The van der Waals surface area contributed by atoms with Gasteiger partial charge in [0.05, 0.1) is 18.8 Å². The third kappa shape index (κ3) is 5.65. The van der Waals surface area contributed by atoms with Crippen LogP contribution in [0.3, 0.4) is 0 Å². The Morgan fingerprint density at radius 1 is 1.16 bits per heavy atom. The Morgan fingerprint density at radius 3 is 2.80 bits per heavy atom. The predicted molar refractivity (Wildman–Crippen MR) is 109 cm³/mol. The molecule has 2 saturated heterocycles. The Bertz CT molecular complexity index is 509. The molecule has 2 fully saturated rings. The van der Waals surface area contributed by atoms with E-state index in [0.29, 0.717) is 24.7 Å². The van der Waals surface area contributed by atoms with E-state index in [4.69, 9.17) is 14.2 Å². The van der Waals surface area contributed by atoms with E-state index in [-0.39, 0.29) is 5.79 Å². The average molecular weight is 458 g/mol. The molecule has 4 heteroatoms. The normalized spacial score (nSPS) is 32.8. The van der Waals surface area contributed by atoms with Crippen LogP contribution in [0, 0.1) is 5.92 Å². The summed E-state index contributed by atoms with van der Waals surface area (Å²) in [5.74, 6) is 0.319. The van der Waals surface area contributed by atoms with Crippen LogP contribution >= 0.6 is 22.6 Å². The van der Waals surface area contributed by atoms with E-state index in [1.54, 1.807) is 0 Å². The van der Waals surface area contributed by atoms with E-state index in [1.807, 2.05) is 6.07 Å². The molecule has 2 aliphatic rings. The van der Waals surface area contributed by atoms with Crippen LogP contribution in [0.1, 0.15) is 57.4 Å². The molecule has 0 aromatic heterocycles. The molecule has 0 amide bonds. The lowest BCUT2D eigenvalue weighted by molar-refractivity contribution is -0.320. The number of rotatable bonds is 7. The maximum absolute atomic E-state index is 6.54. The van der Waals surface area contributed by atoms with Gasteiger partial charge in [0.2, 0.25) is 0 Å². The lowest BCUT2D eigenvalue weighted by Gasteiger charge is -2.47. The van der Waals surface area contributed by atoms with Gasteiger partial charge in [-0.1, -0.05) is 59.8 Å². The highest BCUT2D eigenvalue weighted by atomic mass is 127. The third-order valence-corrected chi connectivity index (χ3v) is 6.49. The summed E-state index contributed by atoms with van der Waals surface area (Å²) < 4.78 is 19.8. The summed E-state index contributed by atoms with van der Waals surface area (Å²) in [4.78, 5) is 0. The first-order valence-electron chi connectivity index (χ1n) is 9.74. The molecule has 0 saturated carbocycles. The smallest absolute Gasteiger partial charge is 0.169 e. The van der Waals surface area contributed by atoms with Gasteiger partial charge in [0.15, 0.2) is 5.79 Å². The summed E-state index contributed by atoms with van der Waals surface area (Å²) >= 11 is 2.43. The molecule has 4 unspecified atom stereocenters. The van der Waals surface area contributed by atoms with Crippen molar-refractivity contribution in [1.29, 1.82) is 0 Å². The summed E-state index contributed by atoms with van der Waals surface area (Å²) in [6, 6.07) is 10.4. The minimum atomic E-state index is -0.295. The zero-order chi connectivity index (χ0) is 17.5. The first-order chi connectivity index (χ1) is 12.2. The van der Waals surface area contributed by atoms with Crippen LogP contribution in [-0.4, -0.2) is 29.0 Å². The fraction of sp³-hybridized carbons (Fsp3) is 0.714. The van der Waals surface area contributed by atoms with Gasteiger partial charge in [-0.2, -0.15) is 0 Å². The molecule has 2 heterocycles. The van der Waals surface area contributed by atoms with Crippen LogP contribution in [0.4, 0.5) is 0 Å². The van der Waals surface area contributed by atoms with Crippen LogP contribution in [-0.2, 0) is 20.8 Å². The van der Waals surface area contributed by atoms with Crippen LogP contribution in [0.25, 0.3) is 0 Å². The monoisotopic (exact) mass is 458 g/mol. The van der Waals surface area contributed by atoms with Crippen molar-refractivity contribution >= 4 is 22.6 Å². The van der Waals surface area contributed by atoms with Crippen LogP contribution in [0.2, 0.25) is 0 Å². The van der Waals surface area contributed by atoms with E-state index in [9.17, 15) is 0 Å². The maximum Gasteiger partial charge on any atom is 0.169 e. The summed E-state index contributed by atoms with van der Waals surface area (Å²) in [6.07, 6.45) is 8.54. The molecule has 3 rings (SSSR count). The van der Waals surface area contributed by atoms with Crippen LogP contribution < -0.4 is 0 Å². The molecule has 1 spiro atoms. The second kappa shape index (κ2) is 9.67. The number of hydrogen-bond acceptors (Lipinski definition) is 3. The molecule has 0 bridgehead atoms. The minimum absolute atomic E-state index is 0.295. The Kier molecular flexibility index (Phi) is 7.58. The van der Waals surface area contributed by atoms with Gasteiger partial charge in [-0.25, -0.2) is 0 Å². The van der Waals surface area contributed by atoms with Crippen molar-refractivity contribution < 1.29 is 14.2 Å². The Hall–Kier alpha value is -0.170. The molecule has 0 radical (unpaired) electrons.